The number of hydrogen-bond acceptors (Lipinski definition) is 3. The van der Waals surface area contributed by atoms with Gasteiger partial charge in [0.1, 0.15) is 10.7 Å². The molecule has 8 heteroatoms. The van der Waals surface area contributed by atoms with Crippen LogP contribution in [0.3, 0.4) is 0 Å². The molecule has 1 amide bonds. The van der Waals surface area contributed by atoms with Crippen LogP contribution in [0.5, 0.6) is 0 Å². The Morgan fingerprint density at radius 1 is 1.24 bits per heavy atom. The summed E-state index contributed by atoms with van der Waals surface area (Å²) in [5.41, 5.74) is 0.221. The maximum atomic E-state index is 13.9. The maximum Gasteiger partial charge on any atom is 0.264 e. The van der Waals surface area contributed by atoms with Crippen molar-refractivity contribution in [2.24, 2.45) is 0 Å². The van der Waals surface area contributed by atoms with Crippen LogP contribution >= 0.6 is 11.6 Å². The number of carbonyl (C=O) groups is 1. The lowest BCUT2D eigenvalue weighted by Crippen LogP contribution is -2.32. The Balaban J connectivity index is 2.35. The Labute approximate surface area is 151 Å². The Hall–Kier alpha value is -2.12. The summed E-state index contributed by atoms with van der Waals surface area (Å²) in [6.45, 7) is 3.76. The van der Waals surface area contributed by atoms with Gasteiger partial charge in [-0.05, 0) is 43.7 Å². The van der Waals surface area contributed by atoms with E-state index < -0.39 is 26.6 Å². The van der Waals surface area contributed by atoms with Crippen LogP contribution in [0.15, 0.2) is 47.4 Å². The number of amides is 1. The quantitative estimate of drug-likeness (QED) is 0.795. The van der Waals surface area contributed by atoms with Gasteiger partial charge in [0.15, 0.2) is 0 Å². The molecule has 0 saturated carbocycles. The predicted molar refractivity (Wildman–Crippen MR) is 95.9 cm³/mol. The summed E-state index contributed by atoms with van der Waals surface area (Å²) in [5.74, 6) is -1.38. The highest BCUT2D eigenvalue weighted by atomic mass is 35.5. The Kier molecular flexibility index (Phi) is 6.02. The second-order valence-electron chi connectivity index (χ2n) is 5.51. The van der Waals surface area contributed by atoms with Gasteiger partial charge in [-0.1, -0.05) is 30.7 Å². The normalized spacial score (nSPS) is 12.5. The fourth-order valence-electron chi connectivity index (χ4n) is 2.07. The van der Waals surface area contributed by atoms with Crippen LogP contribution in [-0.2, 0) is 10.0 Å². The third-order valence-corrected chi connectivity index (χ3v) is 5.22. The number of halogens is 2. The number of rotatable bonds is 6. The number of hydrogen-bond donors (Lipinski definition) is 2. The van der Waals surface area contributed by atoms with Crippen LogP contribution in [0.4, 0.5) is 10.1 Å². The number of benzene rings is 2. The lowest BCUT2D eigenvalue weighted by Gasteiger charge is -2.15. The number of carbonyl (C=O) groups excluding carboxylic acids is 1. The second kappa shape index (κ2) is 7.84. The van der Waals surface area contributed by atoms with Crippen LogP contribution in [0, 0.1) is 5.82 Å². The number of para-hydroxylation sites is 1. The Morgan fingerprint density at radius 3 is 2.56 bits per heavy atom. The van der Waals surface area contributed by atoms with Crippen molar-refractivity contribution in [3.8, 4) is 0 Å². The van der Waals surface area contributed by atoms with Gasteiger partial charge < -0.3 is 5.32 Å². The smallest absolute Gasteiger partial charge is 0.264 e. The molecule has 0 saturated heterocycles. The SMILES string of the molecule is CCC(C)NC(=O)c1ccccc1NS(=O)(=O)c1ccc(Cl)cc1F. The third kappa shape index (κ3) is 4.70. The first-order valence-electron chi connectivity index (χ1n) is 7.62. The zero-order valence-electron chi connectivity index (χ0n) is 13.7. The highest BCUT2D eigenvalue weighted by Gasteiger charge is 2.22. The average molecular weight is 385 g/mol. The number of nitrogens with one attached hydrogen (secondary N) is 2. The zero-order chi connectivity index (χ0) is 18.6. The van der Waals surface area contributed by atoms with Gasteiger partial charge >= 0.3 is 0 Å². The highest BCUT2D eigenvalue weighted by Crippen LogP contribution is 2.23. The molecule has 134 valence electrons. The summed E-state index contributed by atoms with van der Waals surface area (Å²) in [5, 5.41) is 2.85. The summed E-state index contributed by atoms with van der Waals surface area (Å²) in [4.78, 5) is 11.8. The van der Waals surface area contributed by atoms with Crippen molar-refractivity contribution >= 4 is 33.2 Å². The molecule has 2 rings (SSSR count). The molecule has 5 nitrogen and oxygen atoms in total. The molecule has 1 unspecified atom stereocenters. The number of anilines is 1. The molecule has 2 aromatic carbocycles. The minimum atomic E-state index is -4.21. The molecular weight excluding hydrogens is 367 g/mol. The van der Waals surface area contributed by atoms with Crippen LogP contribution in [-0.4, -0.2) is 20.4 Å². The van der Waals surface area contributed by atoms with E-state index in [-0.39, 0.29) is 22.3 Å². The summed E-state index contributed by atoms with van der Waals surface area (Å²) in [6, 6.07) is 9.33. The molecule has 0 aliphatic heterocycles. The number of sulfonamides is 1. The van der Waals surface area contributed by atoms with E-state index in [1.165, 1.54) is 18.2 Å². The molecule has 25 heavy (non-hydrogen) atoms. The first-order valence-corrected chi connectivity index (χ1v) is 9.48. The topological polar surface area (TPSA) is 75.3 Å². The van der Waals surface area contributed by atoms with Gasteiger partial charge in [-0.15, -0.1) is 0 Å². The van der Waals surface area contributed by atoms with Crippen molar-refractivity contribution in [1.82, 2.24) is 5.32 Å². The minimum absolute atomic E-state index is 0.0640. The molecular formula is C17H18ClFN2O3S. The zero-order valence-corrected chi connectivity index (χ0v) is 15.3. The lowest BCUT2D eigenvalue weighted by atomic mass is 10.1. The molecule has 2 aromatic rings. The average Bonchev–Trinajstić information content (AvgIpc) is 2.54. The van der Waals surface area contributed by atoms with E-state index in [4.69, 9.17) is 11.6 Å². The maximum absolute atomic E-state index is 13.9. The van der Waals surface area contributed by atoms with Gasteiger partial charge in [0.25, 0.3) is 15.9 Å². The summed E-state index contributed by atoms with van der Waals surface area (Å²) < 4.78 is 41.1. The molecule has 1 atom stereocenters. The summed E-state index contributed by atoms with van der Waals surface area (Å²) in [6.07, 6.45) is 0.732. The van der Waals surface area contributed by atoms with Gasteiger partial charge in [-0.25, -0.2) is 12.8 Å². The van der Waals surface area contributed by atoms with E-state index in [1.807, 2.05) is 13.8 Å². The summed E-state index contributed by atoms with van der Waals surface area (Å²) >= 11 is 5.65. The molecule has 0 aromatic heterocycles. The van der Waals surface area contributed by atoms with Gasteiger partial charge in [-0.2, -0.15) is 0 Å². The molecule has 0 heterocycles. The standard InChI is InChI=1S/C17H18ClFN2O3S/c1-3-11(2)20-17(22)13-6-4-5-7-15(13)21-25(23,24)16-9-8-12(18)10-14(16)19/h4-11,21H,3H2,1-2H3,(H,20,22). The monoisotopic (exact) mass is 384 g/mol. The fourth-order valence-corrected chi connectivity index (χ4v) is 3.37. The van der Waals surface area contributed by atoms with Crippen molar-refractivity contribution in [2.75, 3.05) is 4.72 Å². The van der Waals surface area contributed by atoms with Crippen LogP contribution in [0.1, 0.15) is 30.6 Å². The largest absolute Gasteiger partial charge is 0.350 e. The third-order valence-electron chi connectivity index (χ3n) is 3.59. The first kappa shape index (κ1) is 19.2. The van der Waals surface area contributed by atoms with Gasteiger partial charge in [0.2, 0.25) is 0 Å². The van der Waals surface area contributed by atoms with Gasteiger partial charge in [0, 0.05) is 11.1 Å². The van der Waals surface area contributed by atoms with Crippen molar-refractivity contribution in [3.63, 3.8) is 0 Å². The second-order valence-corrected chi connectivity index (χ2v) is 7.60. The first-order chi connectivity index (χ1) is 11.7. The van der Waals surface area contributed by atoms with E-state index in [0.29, 0.717) is 0 Å². The van der Waals surface area contributed by atoms with Crippen molar-refractivity contribution < 1.29 is 17.6 Å². The van der Waals surface area contributed by atoms with Crippen molar-refractivity contribution in [2.45, 2.75) is 31.2 Å². The van der Waals surface area contributed by atoms with E-state index in [1.54, 1.807) is 12.1 Å². The van der Waals surface area contributed by atoms with Crippen LogP contribution in [0.2, 0.25) is 5.02 Å². The molecule has 0 fully saturated rings. The van der Waals surface area contributed by atoms with Crippen LogP contribution < -0.4 is 10.0 Å². The van der Waals surface area contributed by atoms with E-state index in [0.717, 1.165) is 18.6 Å². The molecule has 0 aliphatic carbocycles. The summed E-state index contributed by atoms with van der Waals surface area (Å²) in [7, 11) is -4.21. The minimum Gasteiger partial charge on any atom is -0.350 e. The highest BCUT2D eigenvalue weighted by molar-refractivity contribution is 7.92. The Bertz CT molecular complexity index is 887. The molecule has 0 spiro atoms. The van der Waals surface area contributed by atoms with E-state index in [9.17, 15) is 17.6 Å². The van der Waals surface area contributed by atoms with E-state index >= 15 is 0 Å². The molecule has 2 N–H and O–H groups in total. The van der Waals surface area contributed by atoms with Crippen molar-refractivity contribution in [3.05, 3.63) is 58.9 Å². The fraction of sp³-hybridized carbons (Fsp3) is 0.235. The molecule has 0 radical (unpaired) electrons. The van der Waals surface area contributed by atoms with E-state index in [2.05, 4.69) is 10.0 Å². The van der Waals surface area contributed by atoms with Crippen LogP contribution in [0.25, 0.3) is 0 Å². The molecule has 0 aliphatic rings. The predicted octanol–water partition coefficient (Wildman–Crippen LogP) is 3.81. The van der Waals surface area contributed by atoms with Gasteiger partial charge in [0.05, 0.1) is 11.3 Å². The van der Waals surface area contributed by atoms with Crippen molar-refractivity contribution in [1.29, 1.82) is 0 Å². The Morgan fingerprint density at radius 2 is 1.92 bits per heavy atom. The molecule has 0 bridgehead atoms. The lowest BCUT2D eigenvalue weighted by molar-refractivity contribution is 0.0940. The van der Waals surface area contributed by atoms with Gasteiger partial charge in [-0.3, -0.25) is 9.52 Å².